The Bertz CT molecular complexity index is 275. The van der Waals surface area contributed by atoms with Crippen LogP contribution in [0.15, 0.2) is 11.6 Å². The number of ketones is 1. The molecule has 0 radical (unpaired) electrons. The van der Waals surface area contributed by atoms with E-state index in [1.165, 1.54) is 0 Å². The average molecular weight is 210 g/mol. The number of rotatable bonds is 5. The van der Waals surface area contributed by atoms with Crippen molar-refractivity contribution >= 4 is 11.8 Å². The van der Waals surface area contributed by atoms with E-state index in [1.807, 2.05) is 6.92 Å². The lowest BCUT2D eigenvalue weighted by atomic mass is 9.79. The van der Waals surface area contributed by atoms with Gasteiger partial charge in [-0.05, 0) is 26.2 Å². The van der Waals surface area contributed by atoms with E-state index >= 15 is 0 Å². The molecule has 0 saturated heterocycles. The maximum atomic E-state index is 11.9. The van der Waals surface area contributed by atoms with E-state index in [-0.39, 0.29) is 17.3 Å². The number of ether oxygens (including phenoxy) is 1. The fourth-order valence-corrected chi connectivity index (χ4v) is 1.59. The molecule has 1 rings (SSSR count). The van der Waals surface area contributed by atoms with E-state index in [0.29, 0.717) is 13.0 Å². The summed E-state index contributed by atoms with van der Waals surface area (Å²) in [5.41, 5.74) is 0.254. The van der Waals surface area contributed by atoms with Crippen LogP contribution in [0.1, 0.15) is 39.5 Å². The zero-order valence-electron chi connectivity index (χ0n) is 9.41. The molecule has 3 heteroatoms. The summed E-state index contributed by atoms with van der Waals surface area (Å²) >= 11 is 0. The molecule has 0 amide bonds. The molecule has 0 heterocycles. The van der Waals surface area contributed by atoms with Gasteiger partial charge in [-0.25, -0.2) is 4.79 Å². The molecule has 3 nitrogen and oxygen atoms in total. The summed E-state index contributed by atoms with van der Waals surface area (Å²) in [6.07, 6.45) is 5.29. The summed E-state index contributed by atoms with van der Waals surface area (Å²) in [7, 11) is 0. The van der Waals surface area contributed by atoms with E-state index in [4.69, 9.17) is 4.74 Å². The van der Waals surface area contributed by atoms with Crippen molar-refractivity contribution in [3.8, 4) is 0 Å². The SMILES string of the molecule is CCC=C(C(=O)OCC)C(=O)C1CCC1. The van der Waals surface area contributed by atoms with Crippen molar-refractivity contribution < 1.29 is 14.3 Å². The first-order chi connectivity index (χ1) is 7.20. The Kier molecular flexibility index (Phi) is 4.53. The minimum absolute atomic E-state index is 0.0263. The molecule has 1 aliphatic carbocycles. The van der Waals surface area contributed by atoms with E-state index in [1.54, 1.807) is 13.0 Å². The second-order valence-corrected chi connectivity index (χ2v) is 3.74. The summed E-state index contributed by atoms with van der Waals surface area (Å²) in [6, 6.07) is 0. The van der Waals surface area contributed by atoms with E-state index in [0.717, 1.165) is 19.3 Å². The molecule has 1 saturated carbocycles. The molecule has 15 heavy (non-hydrogen) atoms. The highest BCUT2D eigenvalue weighted by atomic mass is 16.5. The quantitative estimate of drug-likeness (QED) is 0.302. The van der Waals surface area contributed by atoms with E-state index in [9.17, 15) is 9.59 Å². The van der Waals surface area contributed by atoms with Crippen LogP contribution in [0.4, 0.5) is 0 Å². The molecule has 0 aromatic rings. The van der Waals surface area contributed by atoms with Crippen LogP contribution in [0.2, 0.25) is 0 Å². The summed E-state index contributed by atoms with van der Waals surface area (Å²) in [5, 5.41) is 0. The molecule has 0 spiro atoms. The van der Waals surface area contributed by atoms with Crippen LogP contribution >= 0.6 is 0 Å². The number of allylic oxidation sites excluding steroid dienone is 1. The van der Waals surface area contributed by atoms with Crippen molar-refractivity contribution in [1.82, 2.24) is 0 Å². The molecule has 0 N–H and O–H groups in total. The smallest absolute Gasteiger partial charge is 0.341 e. The van der Waals surface area contributed by atoms with Crippen molar-refractivity contribution in [1.29, 1.82) is 0 Å². The maximum absolute atomic E-state index is 11.9. The highest BCUT2D eigenvalue weighted by molar-refractivity contribution is 6.18. The molecule has 1 fully saturated rings. The fourth-order valence-electron chi connectivity index (χ4n) is 1.59. The fraction of sp³-hybridized carbons (Fsp3) is 0.667. The van der Waals surface area contributed by atoms with Gasteiger partial charge < -0.3 is 4.74 Å². The van der Waals surface area contributed by atoms with Crippen LogP contribution in [0.3, 0.4) is 0 Å². The van der Waals surface area contributed by atoms with Crippen LogP contribution in [-0.4, -0.2) is 18.4 Å². The number of Topliss-reactive ketones (excluding diaryl/α,β-unsaturated/α-hetero) is 1. The summed E-state index contributed by atoms with van der Waals surface area (Å²) in [4.78, 5) is 23.4. The van der Waals surface area contributed by atoms with Crippen LogP contribution < -0.4 is 0 Å². The largest absolute Gasteiger partial charge is 0.462 e. The van der Waals surface area contributed by atoms with Crippen LogP contribution in [0, 0.1) is 5.92 Å². The normalized spacial score (nSPS) is 17.1. The molecular formula is C12H18O3. The first kappa shape index (κ1) is 12.0. The molecule has 0 aromatic carbocycles. The number of esters is 1. The molecule has 1 aliphatic rings. The van der Waals surface area contributed by atoms with Gasteiger partial charge in [-0.2, -0.15) is 0 Å². The number of hydrogen-bond donors (Lipinski definition) is 0. The molecule has 0 unspecified atom stereocenters. The van der Waals surface area contributed by atoms with Crippen molar-refractivity contribution in [2.75, 3.05) is 6.61 Å². The van der Waals surface area contributed by atoms with Gasteiger partial charge in [0.05, 0.1) is 12.2 Å². The van der Waals surface area contributed by atoms with E-state index < -0.39 is 5.97 Å². The third-order valence-electron chi connectivity index (χ3n) is 2.65. The first-order valence-electron chi connectivity index (χ1n) is 5.62. The Morgan fingerprint density at radius 3 is 2.40 bits per heavy atom. The van der Waals surface area contributed by atoms with Crippen molar-refractivity contribution in [2.24, 2.45) is 5.92 Å². The lowest BCUT2D eigenvalue weighted by Crippen LogP contribution is -2.27. The summed E-state index contributed by atoms with van der Waals surface area (Å²) in [5.74, 6) is -0.426. The van der Waals surface area contributed by atoms with Gasteiger partial charge in [0.15, 0.2) is 5.78 Å². The van der Waals surface area contributed by atoms with E-state index in [2.05, 4.69) is 0 Å². The Hall–Kier alpha value is -1.12. The number of hydrogen-bond acceptors (Lipinski definition) is 3. The van der Waals surface area contributed by atoms with Crippen LogP contribution in [0.25, 0.3) is 0 Å². The Morgan fingerprint density at radius 2 is 2.00 bits per heavy atom. The highest BCUT2D eigenvalue weighted by Gasteiger charge is 2.30. The van der Waals surface area contributed by atoms with Gasteiger partial charge in [0.25, 0.3) is 0 Å². The van der Waals surface area contributed by atoms with Crippen molar-refractivity contribution in [3.05, 3.63) is 11.6 Å². The summed E-state index contributed by atoms with van der Waals surface area (Å²) < 4.78 is 4.87. The van der Waals surface area contributed by atoms with Crippen molar-refractivity contribution in [2.45, 2.75) is 39.5 Å². The highest BCUT2D eigenvalue weighted by Crippen LogP contribution is 2.29. The van der Waals surface area contributed by atoms with Gasteiger partial charge in [-0.1, -0.05) is 19.4 Å². The predicted molar refractivity (Wildman–Crippen MR) is 57.4 cm³/mol. The zero-order chi connectivity index (χ0) is 11.3. The maximum Gasteiger partial charge on any atom is 0.341 e. The summed E-state index contributed by atoms with van der Waals surface area (Å²) in [6.45, 7) is 3.97. The number of carbonyl (C=O) groups is 2. The standard InChI is InChI=1S/C12H18O3/c1-3-6-10(12(14)15-4-2)11(13)9-7-5-8-9/h6,9H,3-5,7-8H2,1-2H3. The Labute approximate surface area is 90.5 Å². The first-order valence-corrected chi connectivity index (χ1v) is 5.62. The zero-order valence-corrected chi connectivity index (χ0v) is 9.41. The third-order valence-corrected chi connectivity index (χ3v) is 2.65. The lowest BCUT2D eigenvalue weighted by Gasteiger charge is -2.24. The van der Waals surface area contributed by atoms with Gasteiger partial charge in [-0.15, -0.1) is 0 Å². The average Bonchev–Trinajstić information content (AvgIpc) is 2.11. The lowest BCUT2D eigenvalue weighted by molar-refractivity contribution is -0.140. The Morgan fingerprint density at radius 1 is 1.33 bits per heavy atom. The number of carbonyl (C=O) groups excluding carboxylic acids is 2. The van der Waals surface area contributed by atoms with Gasteiger partial charge in [0, 0.05) is 5.92 Å². The van der Waals surface area contributed by atoms with Gasteiger partial charge in [-0.3, -0.25) is 4.79 Å². The molecule has 0 atom stereocenters. The molecule has 0 bridgehead atoms. The molecule has 0 aromatic heterocycles. The molecule has 0 aliphatic heterocycles. The molecular weight excluding hydrogens is 192 g/mol. The van der Waals surface area contributed by atoms with Crippen molar-refractivity contribution in [3.63, 3.8) is 0 Å². The minimum Gasteiger partial charge on any atom is -0.462 e. The van der Waals surface area contributed by atoms with Gasteiger partial charge >= 0.3 is 5.97 Å². The minimum atomic E-state index is -0.462. The Balaban J connectivity index is 2.68. The van der Waals surface area contributed by atoms with Gasteiger partial charge in [0.1, 0.15) is 0 Å². The van der Waals surface area contributed by atoms with Crippen LogP contribution in [-0.2, 0) is 14.3 Å². The monoisotopic (exact) mass is 210 g/mol. The van der Waals surface area contributed by atoms with Gasteiger partial charge in [0.2, 0.25) is 0 Å². The topological polar surface area (TPSA) is 43.4 Å². The van der Waals surface area contributed by atoms with Crippen LogP contribution in [0.5, 0.6) is 0 Å². The second kappa shape index (κ2) is 5.69. The second-order valence-electron chi connectivity index (χ2n) is 3.74. The molecule has 84 valence electrons. The predicted octanol–water partition coefficient (Wildman–Crippen LogP) is 2.26. The third kappa shape index (κ3) is 2.91.